The summed E-state index contributed by atoms with van der Waals surface area (Å²) in [7, 11) is 0. The highest BCUT2D eigenvalue weighted by atomic mass is 14.9. The first kappa shape index (κ1) is 11.3. The molecule has 1 heterocycles. The average Bonchev–Trinajstić information content (AvgIpc) is 2.58. The lowest BCUT2D eigenvalue weighted by molar-refractivity contribution is 0.497. The van der Waals surface area contributed by atoms with Gasteiger partial charge in [0.25, 0.3) is 0 Å². The number of hydrogen-bond acceptors (Lipinski definition) is 2. The maximum Gasteiger partial charge on any atom is 0.131 e. The molecule has 2 heteroatoms. The Bertz CT molecular complexity index is 437. The van der Waals surface area contributed by atoms with Crippen LogP contribution in [0.15, 0.2) is 11.8 Å². The van der Waals surface area contributed by atoms with E-state index in [1.54, 1.807) is 0 Å². The fourth-order valence-electron chi connectivity index (χ4n) is 1.88. The van der Waals surface area contributed by atoms with E-state index < -0.39 is 0 Å². The van der Waals surface area contributed by atoms with Crippen molar-refractivity contribution in [3.8, 4) is 0 Å². The lowest BCUT2D eigenvalue weighted by atomic mass is 9.86. The minimum Gasteiger partial charge on any atom is -0.240 e. The summed E-state index contributed by atoms with van der Waals surface area (Å²) in [6.07, 6.45) is 5.21. The zero-order valence-electron chi connectivity index (χ0n) is 10.8. The fourth-order valence-corrected chi connectivity index (χ4v) is 1.88. The Kier molecular flexibility index (Phi) is 2.61. The van der Waals surface area contributed by atoms with Gasteiger partial charge in [-0.2, -0.15) is 0 Å². The monoisotopic (exact) mass is 216 g/mol. The summed E-state index contributed by atoms with van der Waals surface area (Å²) in [5.74, 6) is 1.37. The lowest BCUT2D eigenvalue weighted by Gasteiger charge is -2.19. The van der Waals surface area contributed by atoms with E-state index in [2.05, 4.69) is 50.7 Å². The highest BCUT2D eigenvalue weighted by Gasteiger charge is 2.24. The van der Waals surface area contributed by atoms with Crippen LogP contribution in [0.25, 0.3) is 6.08 Å². The normalized spacial score (nSPS) is 15.2. The second-order valence-electron chi connectivity index (χ2n) is 5.88. The quantitative estimate of drug-likeness (QED) is 0.717. The van der Waals surface area contributed by atoms with Crippen LogP contribution in [0.2, 0.25) is 0 Å². The Balaban J connectivity index is 2.32. The van der Waals surface area contributed by atoms with Crippen molar-refractivity contribution in [2.45, 2.75) is 47.0 Å². The molecule has 16 heavy (non-hydrogen) atoms. The predicted octanol–water partition coefficient (Wildman–Crippen LogP) is 3.59. The van der Waals surface area contributed by atoms with Crippen LogP contribution >= 0.6 is 0 Å². The molecule has 0 unspecified atom stereocenters. The van der Waals surface area contributed by atoms with Crippen LogP contribution in [0.3, 0.4) is 0 Å². The standard InChI is InChI=1S/C14H20N2/c1-9(2)13-15-8-10-6-11(14(3,4)5)7-12(10)16-13/h6,8-9H,7H2,1-5H3. The summed E-state index contributed by atoms with van der Waals surface area (Å²) < 4.78 is 0. The lowest BCUT2D eigenvalue weighted by Crippen LogP contribution is -2.09. The summed E-state index contributed by atoms with van der Waals surface area (Å²) >= 11 is 0. The van der Waals surface area contributed by atoms with Crippen LogP contribution in [0.5, 0.6) is 0 Å². The minimum atomic E-state index is 0.235. The van der Waals surface area contributed by atoms with Gasteiger partial charge >= 0.3 is 0 Å². The molecule has 86 valence electrons. The number of nitrogens with zero attached hydrogens (tertiary/aromatic N) is 2. The topological polar surface area (TPSA) is 25.8 Å². The van der Waals surface area contributed by atoms with E-state index in [0.717, 1.165) is 12.2 Å². The van der Waals surface area contributed by atoms with Gasteiger partial charge < -0.3 is 0 Å². The number of fused-ring (bicyclic) bond motifs is 1. The van der Waals surface area contributed by atoms with Gasteiger partial charge in [0, 0.05) is 24.1 Å². The molecule has 0 N–H and O–H groups in total. The molecule has 2 nitrogen and oxygen atoms in total. The molecule has 0 radical (unpaired) electrons. The molecule has 0 saturated carbocycles. The summed E-state index contributed by atoms with van der Waals surface area (Å²) in [5.41, 5.74) is 4.09. The zero-order chi connectivity index (χ0) is 11.9. The van der Waals surface area contributed by atoms with Crippen molar-refractivity contribution in [2.24, 2.45) is 5.41 Å². The highest BCUT2D eigenvalue weighted by Crippen LogP contribution is 2.35. The van der Waals surface area contributed by atoms with E-state index in [0.29, 0.717) is 5.92 Å². The van der Waals surface area contributed by atoms with Crippen LogP contribution in [-0.2, 0) is 6.42 Å². The first-order chi connectivity index (χ1) is 7.38. The second kappa shape index (κ2) is 3.69. The van der Waals surface area contributed by atoms with E-state index in [-0.39, 0.29) is 5.41 Å². The van der Waals surface area contributed by atoms with Crippen molar-refractivity contribution in [3.63, 3.8) is 0 Å². The van der Waals surface area contributed by atoms with Crippen LogP contribution in [0, 0.1) is 5.41 Å². The average molecular weight is 216 g/mol. The van der Waals surface area contributed by atoms with Gasteiger partial charge in [-0.1, -0.05) is 46.3 Å². The molecule has 0 saturated heterocycles. The summed E-state index contributed by atoms with van der Waals surface area (Å²) in [6, 6.07) is 0. The molecule has 0 spiro atoms. The van der Waals surface area contributed by atoms with Gasteiger partial charge in [0.15, 0.2) is 0 Å². The van der Waals surface area contributed by atoms with Gasteiger partial charge in [0.2, 0.25) is 0 Å². The summed E-state index contributed by atoms with van der Waals surface area (Å²) in [5, 5.41) is 0. The number of allylic oxidation sites excluding steroid dienone is 1. The maximum atomic E-state index is 4.65. The van der Waals surface area contributed by atoms with Crippen LogP contribution in [0.4, 0.5) is 0 Å². The molecular weight excluding hydrogens is 196 g/mol. The van der Waals surface area contributed by atoms with Gasteiger partial charge in [-0.3, -0.25) is 0 Å². The molecule has 1 aromatic heterocycles. The van der Waals surface area contributed by atoms with Gasteiger partial charge in [-0.15, -0.1) is 0 Å². The third-order valence-corrected chi connectivity index (χ3v) is 3.09. The minimum absolute atomic E-state index is 0.235. The highest BCUT2D eigenvalue weighted by molar-refractivity contribution is 5.62. The van der Waals surface area contributed by atoms with E-state index in [1.165, 1.54) is 16.8 Å². The van der Waals surface area contributed by atoms with Crippen molar-refractivity contribution >= 4 is 6.08 Å². The van der Waals surface area contributed by atoms with E-state index in [1.807, 2.05) is 6.20 Å². The molecule has 0 aromatic carbocycles. The first-order valence-electron chi connectivity index (χ1n) is 5.95. The molecule has 0 amide bonds. The van der Waals surface area contributed by atoms with Crippen LogP contribution < -0.4 is 0 Å². The number of aromatic nitrogens is 2. The molecule has 1 aliphatic carbocycles. The molecule has 0 atom stereocenters. The Hall–Kier alpha value is -1.18. The van der Waals surface area contributed by atoms with Crippen molar-refractivity contribution in [2.75, 3.05) is 0 Å². The molecule has 0 aliphatic heterocycles. The van der Waals surface area contributed by atoms with Crippen molar-refractivity contribution < 1.29 is 0 Å². The maximum absolute atomic E-state index is 4.65. The third kappa shape index (κ3) is 2.01. The zero-order valence-corrected chi connectivity index (χ0v) is 10.8. The molecule has 1 aliphatic rings. The molecular formula is C14H20N2. The SMILES string of the molecule is CC(C)c1ncc2c(n1)CC(C(C)(C)C)=C2. The first-order valence-corrected chi connectivity index (χ1v) is 5.95. The molecule has 0 bridgehead atoms. The summed E-state index contributed by atoms with van der Waals surface area (Å²) in [4.78, 5) is 9.06. The Morgan fingerprint density at radius 3 is 2.50 bits per heavy atom. The van der Waals surface area contributed by atoms with Crippen LogP contribution in [0.1, 0.15) is 57.6 Å². The predicted molar refractivity (Wildman–Crippen MR) is 67.3 cm³/mol. The van der Waals surface area contributed by atoms with E-state index >= 15 is 0 Å². The molecule has 2 rings (SSSR count). The number of rotatable bonds is 1. The van der Waals surface area contributed by atoms with Crippen molar-refractivity contribution in [1.29, 1.82) is 0 Å². The van der Waals surface area contributed by atoms with Gasteiger partial charge in [-0.25, -0.2) is 9.97 Å². The Labute approximate surface area is 97.8 Å². The second-order valence-corrected chi connectivity index (χ2v) is 5.88. The van der Waals surface area contributed by atoms with Gasteiger partial charge in [0.1, 0.15) is 5.82 Å². The number of hydrogen-bond donors (Lipinski definition) is 0. The van der Waals surface area contributed by atoms with Gasteiger partial charge in [-0.05, 0) is 5.41 Å². The summed E-state index contributed by atoms with van der Waals surface area (Å²) in [6.45, 7) is 11.0. The third-order valence-electron chi connectivity index (χ3n) is 3.09. The van der Waals surface area contributed by atoms with Crippen molar-refractivity contribution in [3.05, 3.63) is 28.9 Å². The fraction of sp³-hybridized carbons (Fsp3) is 0.571. The Morgan fingerprint density at radius 2 is 1.94 bits per heavy atom. The molecule has 0 fully saturated rings. The smallest absolute Gasteiger partial charge is 0.131 e. The Morgan fingerprint density at radius 1 is 1.25 bits per heavy atom. The largest absolute Gasteiger partial charge is 0.240 e. The molecule has 1 aromatic rings. The van der Waals surface area contributed by atoms with Gasteiger partial charge in [0.05, 0.1) is 5.69 Å². The van der Waals surface area contributed by atoms with Crippen molar-refractivity contribution in [1.82, 2.24) is 9.97 Å². The van der Waals surface area contributed by atoms with E-state index in [9.17, 15) is 0 Å². The van der Waals surface area contributed by atoms with E-state index in [4.69, 9.17) is 0 Å². The van der Waals surface area contributed by atoms with Crippen LogP contribution in [-0.4, -0.2) is 9.97 Å².